The summed E-state index contributed by atoms with van der Waals surface area (Å²) in [4.78, 5) is -0.0952. The molecule has 2 aromatic rings. The Bertz CT molecular complexity index is 812. The van der Waals surface area contributed by atoms with Gasteiger partial charge in [0.15, 0.2) is 5.82 Å². The van der Waals surface area contributed by atoms with Crippen molar-refractivity contribution < 1.29 is 17.5 Å². The van der Waals surface area contributed by atoms with E-state index in [1.807, 2.05) is 0 Å². The predicted molar refractivity (Wildman–Crippen MR) is 84.4 cm³/mol. The number of nitrogens with zero attached hydrogens (tertiary/aromatic N) is 1. The highest BCUT2D eigenvalue weighted by Gasteiger charge is 2.26. The number of halogens is 2. The van der Waals surface area contributed by atoms with E-state index in [1.165, 1.54) is 44.5 Å². The zero-order valence-electron chi connectivity index (χ0n) is 11.9. The molecule has 0 aliphatic heterocycles. The van der Waals surface area contributed by atoms with Gasteiger partial charge in [-0.15, -0.1) is 0 Å². The molecule has 2 rings (SSSR count). The van der Waals surface area contributed by atoms with Crippen LogP contribution in [0.2, 0.25) is 5.02 Å². The minimum Gasteiger partial charge on any atom is -0.494 e. The Balaban J connectivity index is 2.56. The molecule has 0 heterocycles. The van der Waals surface area contributed by atoms with Gasteiger partial charge in [0.25, 0.3) is 10.0 Å². The van der Waals surface area contributed by atoms with Crippen molar-refractivity contribution in [3.8, 4) is 5.75 Å². The van der Waals surface area contributed by atoms with Crippen molar-refractivity contribution in [3.63, 3.8) is 0 Å². The van der Waals surface area contributed by atoms with Crippen molar-refractivity contribution in [1.82, 2.24) is 0 Å². The summed E-state index contributed by atoms with van der Waals surface area (Å²) in [6, 6.07) is 7.95. The maximum atomic E-state index is 14.0. The Morgan fingerprint density at radius 3 is 2.55 bits per heavy atom. The van der Waals surface area contributed by atoms with Crippen molar-refractivity contribution >= 4 is 33.0 Å². The fourth-order valence-electron chi connectivity index (χ4n) is 1.93. The number of nitrogen functional groups attached to an aromatic ring is 1. The summed E-state index contributed by atoms with van der Waals surface area (Å²) >= 11 is 5.79. The molecule has 0 amide bonds. The molecule has 0 fully saturated rings. The van der Waals surface area contributed by atoms with Gasteiger partial charge in [-0.3, -0.25) is 4.31 Å². The number of hydrogen-bond donors (Lipinski definition) is 1. The summed E-state index contributed by atoms with van der Waals surface area (Å²) in [6.07, 6.45) is 0. The second kappa shape index (κ2) is 6.02. The van der Waals surface area contributed by atoms with E-state index in [4.69, 9.17) is 22.1 Å². The first-order valence-electron chi connectivity index (χ1n) is 6.15. The van der Waals surface area contributed by atoms with Crippen molar-refractivity contribution in [2.45, 2.75) is 4.90 Å². The number of anilines is 2. The lowest BCUT2D eigenvalue weighted by atomic mass is 10.3. The van der Waals surface area contributed by atoms with E-state index in [9.17, 15) is 12.8 Å². The van der Waals surface area contributed by atoms with Crippen molar-refractivity contribution in [2.75, 3.05) is 24.2 Å². The topological polar surface area (TPSA) is 72.6 Å². The zero-order valence-corrected chi connectivity index (χ0v) is 13.5. The lowest BCUT2D eigenvalue weighted by Gasteiger charge is -2.22. The van der Waals surface area contributed by atoms with E-state index >= 15 is 0 Å². The molecule has 0 aliphatic rings. The van der Waals surface area contributed by atoms with Crippen LogP contribution < -0.4 is 14.8 Å². The smallest absolute Gasteiger partial charge is 0.264 e. The van der Waals surface area contributed by atoms with Crippen molar-refractivity contribution in [2.24, 2.45) is 0 Å². The quantitative estimate of drug-likeness (QED) is 0.865. The first-order valence-corrected chi connectivity index (χ1v) is 7.97. The molecule has 0 unspecified atom stereocenters. The van der Waals surface area contributed by atoms with Crippen LogP contribution in [0.4, 0.5) is 15.8 Å². The molecule has 2 aromatic carbocycles. The molecule has 118 valence electrons. The maximum Gasteiger partial charge on any atom is 0.264 e. The molecule has 8 heteroatoms. The number of nitrogens with two attached hydrogens (primary N) is 1. The minimum atomic E-state index is -4.01. The summed E-state index contributed by atoms with van der Waals surface area (Å²) in [5.74, 6) is -0.611. The summed E-state index contributed by atoms with van der Waals surface area (Å²) in [6.45, 7) is 0. The highest BCUT2D eigenvalue weighted by Crippen LogP contribution is 2.34. The maximum absolute atomic E-state index is 14.0. The fraction of sp³-hybridized carbons (Fsp3) is 0.143. The molecule has 0 radical (unpaired) electrons. The normalized spacial score (nSPS) is 11.3. The highest BCUT2D eigenvalue weighted by atomic mass is 35.5. The van der Waals surface area contributed by atoms with E-state index < -0.39 is 15.8 Å². The molecule has 0 atom stereocenters. The van der Waals surface area contributed by atoms with Crippen LogP contribution in [0.1, 0.15) is 0 Å². The van der Waals surface area contributed by atoms with Gasteiger partial charge in [0.1, 0.15) is 11.4 Å². The fourth-order valence-corrected chi connectivity index (χ4v) is 3.29. The number of methoxy groups -OCH3 is 1. The van der Waals surface area contributed by atoms with Gasteiger partial charge in [-0.2, -0.15) is 0 Å². The Morgan fingerprint density at radius 1 is 1.27 bits per heavy atom. The van der Waals surface area contributed by atoms with Gasteiger partial charge in [-0.05, 0) is 30.3 Å². The van der Waals surface area contributed by atoms with E-state index in [0.29, 0.717) is 0 Å². The molecule has 0 saturated carbocycles. The van der Waals surface area contributed by atoms with E-state index in [2.05, 4.69) is 0 Å². The molecule has 0 saturated heterocycles. The van der Waals surface area contributed by atoms with E-state index in [0.717, 1.165) is 10.4 Å². The number of ether oxygens (including phenoxy) is 1. The average molecular weight is 345 g/mol. The van der Waals surface area contributed by atoms with Crippen LogP contribution in [-0.4, -0.2) is 22.6 Å². The van der Waals surface area contributed by atoms with Gasteiger partial charge in [0, 0.05) is 7.05 Å². The van der Waals surface area contributed by atoms with Crippen LogP contribution in [0.15, 0.2) is 41.3 Å². The van der Waals surface area contributed by atoms with Crippen LogP contribution in [0, 0.1) is 5.82 Å². The molecule has 22 heavy (non-hydrogen) atoms. The lowest BCUT2D eigenvalue weighted by Crippen LogP contribution is -2.28. The third-order valence-electron chi connectivity index (χ3n) is 3.11. The SMILES string of the molecule is COc1cccc(F)c1N(C)S(=O)(=O)c1ccc(Cl)c(N)c1. The first kappa shape index (κ1) is 16.4. The van der Waals surface area contributed by atoms with E-state index in [-0.39, 0.29) is 27.0 Å². The predicted octanol–water partition coefficient (Wildman–Crippen LogP) is 2.90. The number of rotatable bonds is 4. The first-order chi connectivity index (χ1) is 10.3. The second-order valence-electron chi connectivity index (χ2n) is 4.45. The van der Waals surface area contributed by atoms with Crippen molar-refractivity contribution in [1.29, 1.82) is 0 Å². The van der Waals surface area contributed by atoms with Gasteiger partial charge < -0.3 is 10.5 Å². The molecule has 0 spiro atoms. The third kappa shape index (κ3) is 2.82. The Labute approximate surface area is 133 Å². The average Bonchev–Trinajstić information content (AvgIpc) is 2.48. The zero-order chi connectivity index (χ0) is 16.5. The summed E-state index contributed by atoms with van der Waals surface area (Å²) in [7, 11) is -1.44. The molecule has 5 nitrogen and oxygen atoms in total. The summed E-state index contributed by atoms with van der Waals surface area (Å²) < 4.78 is 45.1. The van der Waals surface area contributed by atoms with E-state index in [1.54, 1.807) is 0 Å². The van der Waals surface area contributed by atoms with Gasteiger partial charge in [0.05, 0.1) is 22.7 Å². The largest absolute Gasteiger partial charge is 0.494 e. The number of para-hydroxylation sites is 1. The highest BCUT2D eigenvalue weighted by molar-refractivity contribution is 7.92. The van der Waals surface area contributed by atoms with Gasteiger partial charge in [-0.25, -0.2) is 12.8 Å². The summed E-state index contributed by atoms with van der Waals surface area (Å²) in [5, 5.41) is 0.241. The molecular formula is C14H14ClFN2O3S. The third-order valence-corrected chi connectivity index (χ3v) is 5.21. The number of sulfonamides is 1. The Kier molecular flexibility index (Phi) is 4.48. The van der Waals surface area contributed by atoms with Crippen LogP contribution in [0.25, 0.3) is 0 Å². The molecule has 0 aromatic heterocycles. The molecule has 0 aliphatic carbocycles. The minimum absolute atomic E-state index is 0.0952. The number of benzene rings is 2. The van der Waals surface area contributed by atoms with Gasteiger partial charge in [0.2, 0.25) is 0 Å². The van der Waals surface area contributed by atoms with Crippen LogP contribution in [0.5, 0.6) is 5.75 Å². The van der Waals surface area contributed by atoms with Gasteiger partial charge in [-0.1, -0.05) is 17.7 Å². The standard InChI is InChI=1S/C14H14ClFN2O3S/c1-18(14-11(16)4-3-5-13(14)21-2)22(19,20)9-6-7-10(15)12(17)8-9/h3-8H,17H2,1-2H3. The monoisotopic (exact) mass is 344 g/mol. The Hall–Kier alpha value is -1.99. The van der Waals surface area contributed by atoms with Crippen LogP contribution >= 0.6 is 11.6 Å². The van der Waals surface area contributed by atoms with Crippen LogP contribution in [0.3, 0.4) is 0 Å². The van der Waals surface area contributed by atoms with Crippen molar-refractivity contribution in [3.05, 3.63) is 47.2 Å². The molecule has 0 bridgehead atoms. The lowest BCUT2D eigenvalue weighted by molar-refractivity contribution is 0.412. The Morgan fingerprint density at radius 2 is 1.95 bits per heavy atom. The number of hydrogen-bond acceptors (Lipinski definition) is 4. The van der Waals surface area contributed by atoms with Gasteiger partial charge >= 0.3 is 0 Å². The summed E-state index contributed by atoms with van der Waals surface area (Å²) in [5.41, 5.74) is 5.57. The van der Waals surface area contributed by atoms with Crippen LogP contribution in [-0.2, 0) is 10.0 Å². The molecular weight excluding hydrogens is 331 g/mol. The molecule has 2 N–H and O–H groups in total. The second-order valence-corrected chi connectivity index (χ2v) is 6.82.